The Kier molecular flexibility index (Phi) is 4.35. The summed E-state index contributed by atoms with van der Waals surface area (Å²) in [6, 6.07) is 12.9. The quantitative estimate of drug-likeness (QED) is 0.929. The highest BCUT2D eigenvalue weighted by Gasteiger charge is 2.18. The molecular weight excluding hydrogens is 257 g/mol. The average Bonchev–Trinajstić information content (AvgIpc) is 2.47. The van der Waals surface area contributed by atoms with Crippen molar-refractivity contribution in [2.24, 2.45) is 0 Å². The van der Waals surface area contributed by atoms with Crippen LogP contribution in [0.1, 0.15) is 22.8 Å². The Bertz CT molecular complexity index is 599. The highest BCUT2D eigenvalue weighted by atomic mass is 19.1. The van der Waals surface area contributed by atoms with E-state index in [0.29, 0.717) is 13.1 Å². The zero-order valence-electron chi connectivity index (χ0n) is 11.2. The minimum absolute atomic E-state index is 0.0113. The number of hydrogen-bond acceptors (Lipinski definition) is 2. The Morgan fingerprint density at radius 3 is 2.55 bits per heavy atom. The van der Waals surface area contributed by atoms with Crippen molar-refractivity contribution in [2.75, 3.05) is 6.54 Å². The predicted octanol–water partition coefficient (Wildman–Crippen LogP) is 3.19. The fourth-order valence-electron chi connectivity index (χ4n) is 1.98. The normalized spacial score (nSPS) is 10.3. The Morgan fingerprint density at radius 2 is 1.90 bits per heavy atom. The van der Waals surface area contributed by atoms with Crippen LogP contribution in [-0.4, -0.2) is 22.5 Å². The third-order valence-electron chi connectivity index (χ3n) is 3.07. The number of rotatable bonds is 4. The fourth-order valence-corrected chi connectivity index (χ4v) is 1.98. The molecule has 0 aromatic heterocycles. The van der Waals surface area contributed by atoms with Crippen molar-refractivity contribution in [1.82, 2.24) is 4.90 Å². The SMILES string of the molecule is CCN(Cc1ccccc1)C(=O)c1cc(F)ccc1O. The fraction of sp³-hybridized carbons (Fsp3) is 0.188. The largest absolute Gasteiger partial charge is 0.507 e. The molecule has 0 spiro atoms. The van der Waals surface area contributed by atoms with Gasteiger partial charge in [-0.2, -0.15) is 0 Å². The van der Waals surface area contributed by atoms with Gasteiger partial charge in [0, 0.05) is 13.1 Å². The zero-order chi connectivity index (χ0) is 14.5. The predicted molar refractivity (Wildman–Crippen MR) is 74.9 cm³/mol. The lowest BCUT2D eigenvalue weighted by Crippen LogP contribution is -2.30. The Labute approximate surface area is 117 Å². The first-order valence-corrected chi connectivity index (χ1v) is 6.43. The molecule has 0 heterocycles. The average molecular weight is 273 g/mol. The van der Waals surface area contributed by atoms with Crippen molar-refractivity contribution in [3.63, 3.8) is 0 Å². The van der Waals surface area contributed by atoms with Crippen molar-refractivity contribution < 1.29 is 14.3 Å². The standard InChI is InChI=1S/C16H16FNO2/c1-2-18(11-12-6-4-3-5-7-12)16(20)14-10-13(17)8-9-15(14)19/h3-10,19H,2,11H2,1H3. The molecular formula is C16H16FNO2. The van der Waals surface area contributed by atoms with E-state index in [1.165, 1.54) is 6.07 Å². The minimum Gasteiger partial charge on any atom is -0.507 e. The van der Waals surface area contributed by atoms with Gasteiger partial charge in [-0.15, -0.1) is 0 Å². The van der Waals surface area contributed by atoms with Crippen LogP contribution >= 0.6 is 0 Å². The highest BCUT2D eigenvalue weighted by Crippen LogP contribution is 2.20. The molecule has 0 saturated heterocycles. The second kappa shape index (κ2) is 6.19. The number of phenols is 1. The van der Waals surface area contributed by atoms with Crippen LogP contribution in [0.5, 0.6) is 5.75 Å². The number of amides is 1. The van der Waals surface area contributed by atoms with Gasteiger partial charge in [-0.1, -0.05) is 30.3 Å². The summed E-state index contributed by atoms with van der Waals surface area (Å²) in [5, 5.41) is 9.70. The molecule has 0 radical (unpaired) electrons. The molecule has 4 heteroatoms. The topological polar surface area (TPSA) is 40.5 Å². The van der Waals surface area contributed by atoms with E-state index in [4.69, 9.17) is 0 Å². The maximum absolute atomic E-state index is 13.2. The maximum Gasteiger partial charge on any atom is 0.258 e. The Hall–Kier alpha value is -2.36. The summed E-state index contributed by atoms with van der Waals surface area (Å²) in [6.45, 7) is 2.74. The molecule has 0 aliphatic rings. The molecule has 20 heavy (non-hydrogen) atoms. The maximum atomic E-state index is 13.2. The lowest BCUT2D eigenvalue weighted by Gasteiger charge is -2.21. The first-order valence-electron chi connectivity index (χ1n) is 6.43. The highest BCUT2D eigenvalue weighted by molar-refractivity contribution is 5.96. The number of phenolic OH excluding ortho intramolecular Hbond substituents is 1. The number of aromatic hydroxyl groups is 1. The number of benzene rings is 2. The van der Waals surface area contributed by atoms with Crippen molar-refractivity contribution in [3.8, 4) is 5.75 Å². The monoisotopic (exact) mass is 273 g/mol. The van der Waals surface area contributed by atoms with Gasteiger partial charge in [0.1, 0.15) is 11.6 Å². The molecule has 2 aromatic carbocycles. The molecule has 1 N–H and O–H groups in total. The summed E-state index contributed by atoms with van der Waals surface area (Å²) in [5.41, 5.74) is 0.973. The molecule has 0 saturated carbocycles. The Balaban J connectivity index is 2.23. The number of carbonyl (C=O) groups excluding carboxylic acids is 1. The van der Waals surface area contributed by atoms with E-state index >= 15 is 0 Å². The van der Waals surface area contributed by atoms with E-state index in [9.17, 15) is 14.3 Å². The summed E-state index contributed by atoms with van der Waals surface area (Å²) in [6.07, 6.45) is 0. The van der Waals surface area contributed by atoms with Crippen molar-refractivity contribution in [2.45, 2.75) is 13.5 Å². The molecule has 0 aliphatic heterocycles. The molecule has 3 nitrogen and oxygen atoms in total. The van der Waals surface area contributed by atoms with Crippen molar-refractivity contribution >= 4 is 5.91 Å². The second-order valence-electron chi connectivity index (χ2n) is 4.47. The van der Waals surface area contributed by atoms with Crippen LogP contribution in [0.15, 0.2) is 48.5 Å². The molecule has 1 amide bonds. The van der Waals surface area contributed by atoms with Crippen LogP contribution in [0.25, 0.3) is 0 Å². The van der Waals surface area contributed by atoms with Crippen LogP contribution in [0.4, 0.5) is 4.39 Å². The first-order chi connectivity index (χ1) is 9.61. The van der Waals surface area contributed by atoms with Crippen LogP contribution in [0.2, 0.25) is 0 Å². The second-order valence-corrected chi connectivity index (χ2v) is 4.47. The van der Waals surface area contributed by atoms with Crippen LogP contribution in [-0.2, 0) is 6.54 Å². The van der Waals surface area contributed by atoms with Gasteiger partial charge in [0.2, 0.25) is 0 Å². The zero-order valence-corrected chi connectivity index (χ0v) is 11.2. The van der Waals surface area contributed by atoms with E-state index < -0.39 is 5.82 Å². The minimum atomic E-state index is -0.540. The summed E-state index contributed by atoms with van der Waals surface area (Å²) in [7, 11) is 0. The van der Waals surface area contributed by atoms with E-state index in [1.807, 2.05) is 37.3 Å². The van der Waals surface area contributed by atoms with Gasteiger partial charge in [0.15, 0.2) is 0 Å². The van der Waals surface area contributed by atoms with E-state index in [1.54, 1.807) is 4.90 Å². The van der Waals surface area contributed by atoms with Crippen LogP contribution in [0, 0.1) is 5.82 Å². The molecule has 104 valence electrons. The molecule has 0 unspecified atom stereocenters. The smallest absolute Gasteiger partial charge is 0.258 e. The summed E-state index contributed by atoms with van der Waals surface area (Å²) in [4.78, 5) is 13.9. The molecule has 2 aromatic rings. The van der Waals surface area contributed by atoms with E-state index in [-0.39, 0.29) is 17.2 Å². The van der Waals surface area contributed by atoms with E-state index in [0.717, 1.165) is 17.7 Å². The van der Waals surface area contributed by atoms with Gasteiger partial charge < -0.3 is 10.0 Å². The third-order valence-corrected chi connectivity index (χ3v) is 3.07. The van der Waals surface area contributed by atoms with Gasteiger partial charge in [-0.05, 0) is 30.7 Å². The number of hydrogen-bond donors (Lipinski definition) is 1. The molecule has 0 atom stereocenters. The number of halogens is 1. The lowest BCUT2D eigenvalue weighted by molar-refractivity contribution is 0.0749. The third kappa shape index (κ3) is 3.15. The molecule has 0 aliphatic carbocycles. The summed E-state index contributed by atoms with van der Waals surface area (Å²) < 4.78 is 13.2. The van der Waals surface area contributed by atoms with Crippen LogP contribution in [0.3, 0.4) is 0 Å². The van der Waals surface area contributed by atoms with Crippen molar-refractivity contribution in [1.29, 1.82) is 0 Å². The van der Waals surface area contributed by atoms with Crippen LogP contribution < -0.4 is 0 Å². The molecule has 0 bridgehead atoms. The molecule has 2 rings (SSSR count). The summed E-state index contributed by atoms with van der Waals surface area (Å²) >= 11 is 0. The summed E-state index contributed by atoms with van der Waals surface area (Å²) in [5.74, 6) is -1.13. The molecule has 0 fully saturated rings. The van der Waals surface area contributed by atoms with Gasteiger partial charge in [0.05, 0.1) is 5.56 Å². The van der Waals surface area contributed by atoms with Gasteiger partial charge in [-0.3, -0.25) is 4.79 Å². The van der Waals surface area contributed by atoms with Crippen molar-refractivity contribution in [3.05, 3.63) is 65.5 Å². The van der Waals surface area contributed by atoms with Gasteiger partial charge in [0.25, 0.3) is 5.91 Å². The number of nitrogens with zero attached hydrogens (tertiary/aromatic N) is 1. The van der Waals surface area contributed by atoms with Gasteiger partial charge in [-0.25, -0.2) is 4.39 Å². The first kappa shape index (κ1) is 14.1. The number of carbonyl (C=O) groups is 1. The lowest BCUT2D eigenvalue weighted by atomic mass is 10.1. The Morgan fingerprint density at radius 1 is 1.20 bits per heavy atom. The van der Waals surface area contributed by atoms with Gasteiger partial charge >= 0.3 is 0 Å². The van der Waals surface area contributed by atoms with E-state index in [2.05, 4.69) is 0 Å².